The van der Waals surface area contributed by atoms with Crippen LogP contribution in [0.3, 0.4) is 0 Å². The van der Waals surface area contributed by atoms with Crippen molar-refractivity contribution in [2.24, 2.45) is 0 Å². The molecule has 1 amide bonds. The zero-order chi connectivity index (χ0) is 14.3. The third-order valence-corrected chi connectivity index (χ3v) is 2.10. The molecule has 8 nitrogen and oxygen atoms in total. The smallest absolute Gasteiger partial charge is 0.345 e. The van der Waals surface area contributed by atoms with Gasteiger partial charge in [-0.1, -0.05) is 0 Å². The molecule has 3 N–H and O–H groups in total. The van der Waals surface area contributed by atoms with Crippen LogP contribution < -0.4 is 5.32 Å². The largest absolute Gasteiger partial charge is 0.481 e. The molecule has 0 spiro atoms. The van der Waals surface area contributed by atoms with Crippen LogP contribution in [0.1, 0.15) is 13.3 Å². The first-order valence-corrected chi connectivity index (χ1v) is 5.44. The first kappa shape index (κ1) is 16.2. The number of amides is 1. The van der Waals surface area contributed by atoms with E-state index >= 15 is 0 Å². The minimum absolute atomic E-state index is 0.0994. The van der Waals surface area contributed by atoms with E-state index in [9.17, 15) is 19.2 Å². The number of thiol groups is 1. The van der Waals surface area contributed by atoms with E-state index in [1.54, 1.807) is 0 Å². The molecule has 2 atom stereocenters. The number of esters is 1. The van der Waals surface area contributed by atoms with Crippen LogP contribution in [-0.4, -0.2) is 51.9 Å². The van der Waals surface area contributed by atoms with Gasteiger partial charge in [0.15, 0.2) is 0 Å². The molecule has 0 aromatic rings. The van der Waals surface area contributed by atoms with E-state index in [2.05, 4.69) is 22.7 Å². The molecule has 0 radical (unpaired) electrons. The molecule has 0 rings (SSSR count). The van der Waals surface area contributed by atoms with Gasteiger partial charge in [-0.05, 0) is 0 Å². The van der Waals surface area contributed by atoms with E-state index in [1.807, 2.05) is 0 Å². The number of carbonyl (C=O) groups excluding carboxylic acids is 2. The van der Waals surface area contributed by atoms with Gasteiger partial charge in [-0.2, -0.15) is 12.6 Å². The van der Waals surface area contributed by atoms with Crippen molar-refractivity contribution in [2.45, 2.75) is 25.5 Å². The van der Waals surface area contributed by atoms with Gasteiger partial charge in [-0.25, -0.2) is 9.59 Å². The number of ether oxygens (including phenoxy) is 1. The van der Waals surface area contributed by atoms with Crippen LogP contribution in [-0.2, 0) is 23.9 Å². The highest BCUT2D eigenvalue weighted by atomic mass is 32.1. The number of hydrogen-bond acceptors (Lipinski definition) is 6. The van der Waals surface area contributed by atoms with E-state index in [4.69, 9.17) is 10.2 Å². The molecule has 0 aromatic carbocycles. The summed E-state index contributed by atoms with van der Waals surface area (Å²) in [5, 5.41) is 19.3. The zero-order valence-corrected chi connectivity index (χ0v) is 10.3. The average molecular weight is 279 g/mol. The van der Waals surface area contributed by atoms with Crippen LogP contribution in [0.25, 0.3) is 0 Å². The molecule has 0 bridgehead atoms. The fraction of sp³-hybridized carbons (Fsp3) is 0.556. The Morgan fingerprint density at radius 3 is 2.17 bits per heavy atom. The second-order valence-corrected chi connectivity index (χ2v) is 3.66. The molecule has 0 aliphatic carbocycles. The third kappa shape index (κ3) is 6.09. The summed E-state index contributed by atoms with van der Waals surface area (Å²) in [6.07, 6.45) is -2.66. The van der Waals surface area contributed by atoms with Crippen LogP contribution in [0.2, 0.25) is 0 Å². The lowest BCUT2D eigenvalue weighted by Gasteiger charge is -2.17. The maximum absolute atomic E-state index is 11.5. The monoisotopic (exact) mass is 279 g/mol. The van der Waals surface area contributed by atoms with Crippen LogP contribution >= 0.6 is 12.6 Å². The summed E-state index contributed by atoms with van der Waals surface area (Å²) in [4.78, 5) is 43.2. The fourth-order valence-corrected chi connectivity index (χ4v) is 1.23. The summed E-state index contributed by atoms with van der Waals surface area (Å²) in [7, 11) is 0. The highest BCUT2D eigenvalue weighted by Gasteiger charge is 2.29. The van der Waals surface area contributed by atoms with Crippen molar-refractivity contribution in [1.29, 1.82) is 0 Å². The minimum Gasteiger partial charge on any atom is -0.481 e. The highest BCUT2D eigenvalue weighted by molar-refractivity contribution is 7.80. The second kappa shape index (κ2) is 7.54. The van der Waals surface area contributed by atoms with Crippen molar-refractivity contribution in [3.05, 3.63) is 0 Å². The summed E-state index contributed by atoms with van der Waals surface area (Å²) in [6, 6.07) is -1.12. The Hall–Kier alpha value is -1.77. The van der Waals surface area contributed by atoms with Gasteiger partial charge in [0.1, 0.15) is 6.04 Å². The number of rotatable bonds is 7. The molecule has 0 saturated carbocycles. The number of carboxylic acid groups (broad SMARTS) is 2. The summed E-state index contributed by atoms with van der Waals surface area (Å²) >= 11 is 3.79. The first-order valence-electron chi connectivity index (χ1n) is 4.81. The van der Waals surface area contributed by atoms with Crippen LogP contribution in [0.4, 0.5) is 0 Å². The van der Waals surface area contributed by atoms with Crippen molar-refractivity contribution in [1.82, 2.24) is 5.32 Å². The first-order chi connectivity index (χ1) is 8.27. The predicted octanol–water partition coefficient (Wildman–Crippen LogP) is -1.11. The lowest BCUT2D eigenvalue weighted by molar-refractivity contribution is -0.168. The summed E-state index contributed by atoms with van der Waals surface area (Å²) in [5.74, 6) is -4.66. The molecule has 0 saturated heterocycles. The normalized spacial score (nSPS) is 13.2. The number of carboxylic acids is 2. The van der Waals surface area contributed by atoms with Crippen molar-refractivity contribution in [3.63, 3.8) is 0 Å². The summed E-state index contributed by atoms with van der Waals surface area (Å²) in [6.45, 7) is 1.16. The highest BCUT2D eigenvalue weighted by Crippen LogP contribution is 2.03. The third-order valence-electron chi connectivity index (χ3n) is 1.74. The number of aliphatic carboxylic acids is 2. The molecule has 0 fully saturated rings. The van der Waals surface area contributed by atoms with Gasteiger partial charge < -0.3 is 20.3 Å². The molecule has 0 heterocycles. The van der Waals surface area contributed by atoms with Gasteiger partial charge >= 0.3 is 17.9 Å². The zero-order valence-electron chi connectivity index (χ0n) is 9.45. The topological polar surface area (TPSA) is 130 Å². The van der Waals surface area contributed by atoms with Crippen molar-refractivity contribution in [3.8, 4) is 0 Å². The Morgan fingerprint density at radius 1 is 1.28 bits per heavy atom. The standard InChI is InChI=1S/C9H13NO7S/c1-4(11)10-5(3-18)9(16)17-6(8(14)15)2-7(12)13/h5-6,18H,2-3H2,1H3,(H,10,11)(H,12,13)(H,14,15)/t5-,6?/m0/s1. The summed E-state index contributed by atoms with van der Waals surface area (Å²) < 4.78 is 4.49. The molecule has 102 valence electrons. The predicted molar refractivity (Wildman–Crippen MR) is 61.2 cm³/mol. The Labute approximate surface area is 108 Å². The van der Waals surface area contributed by atoms with Gasteiger partial charge in [-0.15, -0.1) is 0 Å². The number of carbonyl (C=O) groups is 4. The Bertz CT molecular complexity index is 357. The van der Waals surface area contributed by atoms with Crippen LogP contribution in [0.15, 0.2) is 0 Å². The molecular formula is C9H13NO7S. The Balaban J connectivity index is 4.60. The van der Waals surface area contributed by atoms with Gasteiger partial charge in [0, 0.05) is 12.7 Å². The number of hydrogen-bond donors (Lipinski definition) is 4. The molecule has 0 aliphatic heterocycles. The van der Waals surface area contributed by atoms with Gasteiger partial charge in [0.05, 0.1) is 6.42 Å². The molecule has 18 heavy (non-hydrogen) atoms. The maximum atomic E-state index is 11.5. The fourth-order valence-electron chi connectivity index (χ4n) is 0.985. The van der Waals surface area contributed by atoms with Crippen LogP contribution in [0, 0.1) is 0 Å². The van der Waals surface area contributed by atoms with E-state index in [0.717, 1.165) is 6.92 Å². The van der Waals surface area contributed by atoms with Gasteiger partial charge in [0.25, 0.3) is 0 Å². The van der Waals surface area contributed by atoms with E-state index in [1.165, 1.54) is 0 Å². The minimum atomic E-state index is -1.80. The lowest BCUT2D eigenvalue weighted by Crippen LogP contribution is -2.44. The Morgan fingerprint density at radius 2 is 1.83 bits per heavy atom. The van der Waals surface area contributed by atoms with Crippen molar-refractivity contribution >= 4 is 36.4 Å². The molecule has 9 heteroatoms. The van der Waals surface area contributed by atoms with Crippen LogP contribution in [0.5, 0.6) is 0 Å². The lowest BCUT2D eigenvalue weighted by atomic mass is 10.2. The quantitative estimate of drug-likeness (QED) is 0.343. The molecule has 0 aliphatic rings. The molecule has 1 unspecified atom stereocenters. The van der Waals surface area contributed by atoms with Crippen molar-refractivity contribution in [2.75, 3.05) is 5.75 Å². The van der Waals surface area contributed by atoms with Gasteiger partial charge in [-0.3, -0.25) is 9.59 Å². The Kier molecular flexibility index (Phi) is 6.79. The SMILES string of the molecule is CC(=O)N[C@@H](CS)C(=O)OC(CC(=O)O)C(=O)O. The molecule has 0 aromatic heterocycles. The summed E-state index contributed by atoms with van der Waals surface area (Å²) in [5.41, 5.74) is 0. The second-order valence-electron chi connectivity index (χ2n) is 3.30. The van der Waals surface area contributed by atoms with Crippen molar-refractivity contribution < 1.29 is 34.1 Å². The van der Waals surface area contributed by atoms with E-state index in [-0.39, 0.29) is 5.75 Å². The molecular weight excluding hydrogens is 266 g/mol. The average Bonchev–Trinajstić information content (AvgIpc) is 2.23. The van der Waals surface area contributed by atoms with E-state index < -0.39 is 42.4 Å². The van der Waals surface area contributed by atoms with Gasteiger partial charge in [0.2, 0.25) is 12.0 Å². The maximum Gasteiger partial charge on any atom is 0.345 e. The number of nitrogens with one attached hydrogen (secondary N) is 1. The van der Waals surface area contributed by atoms with E-state index in [0.29, 0.717) is 0 Å².